The Morgan fingerprint density at radius 3 is 2.80 bits per heavy atom. The van der Waals surface area contributed by atoms with Crippen LogP contribution < -0.4 is 11.2 Å². The van der Waals surface area contributed by atoms with Gasteiger partial charge in [-0.1, -0.05) is 0 Å². The molecule has 0 radical (unpaired) electrons. The minimum absolute atomic E-state index is 0.249. The summed E-state index contributed by atoms with van der Waals surface area (Å²) in [5.41, 5.74) is -0.382. The van der Waals surface area contributed by atoms with E-state index in [4.69, 9.17) is 0 Å². The van der Waals surface area contributed by atoms with Crippen LogP contribution in [0.25, 0.3) is 0 Å². The SMILES string of the molecule is Cc1cn([C@H]2C[C@H](O)[C@@]3(CCC[C@@H]3O)S2)c(=O)[nH]c1=O. The molecule has 1 aromatic heterocycles. The van der Waals surface area contributed by atoms with E-state index in [-0.39, 0.29) is 10.9 Å². The van der Waals surface area contributed by atoms with Crippen molar-refractivity contribution in [3.8, 4) is 0 Å². The first-order valence-electron chi connectivity index (χ1n) is 6.80. The fourth-order valence-corrected chi connectivity index (χ4v) is 5.10. The number of rotatable bonds is 1. The Hall–Kier alpha value is -1.05. The van der Waals surface area contributed by atoms with Gasteiger partial charge >= 0.3 is 5.69 Å². The number of hydrogen-bond donors (Lipinski definition) is 3. The fourth-order valence-electron chi connectivity index (χ4n) is 3.25. The first-order chi connectivity index (χ1) is 9.44. The molecule has 0 amide bonds. The van der Waals surface area contributed by atoms with Gasteiger partial charge in [0.2, 0.25) is 0 Å². The molecule has 0 unspecified atom stereocenters. The Labute approximate surface area is 119 Å². The van der Waals surface area contributed by atoms with Gasteiger partial charge in [-0.05, 0) is 26.2 Å². The highest BCUT2D eigenvalue weighted by atomic mass is 32.2. The minimum atomic E-state index is -0.630. The second kappa shape index (κ2) is 4.75. The molecule has 1 spiro atoms. The summed E-state index contributed by atoms with van der Waals surface area (Å²) >= 11 is 1.46. The lowest BCUT2D eigenvalue weighted by Crippen LogP contribution is -2.41. The first-order valence-corrected chi connectivity index (χ1v) is 7.68. The number of aliphatic hydroxyl groups is 2. The van der Waals surface area contributed by atoms with Crippen molar-refractivity contribution in [2.75, 3.05) is 0 Å². The zero-order valence-corrected chi connectivity index (χ0v) is 12.0. The molecule has 0 aromatic carbocycles. The minimum Gasteiger partial charge on any atom is -0.392 e. The van der Waals surface area contributed by atoms with Crippen molar-refractivity contribution >= 4 is 11.8 Å². The molecule has 7 heteroatoms. The van der Waals surface area contributed by atoms with Crippen molar-refractivity contribution in [1.29, 1.82) is 0 Å². The lowest BCUT2D eigenvalue weighted by molar-refractivity contribution is 0.0558. The van der Waals surface area contributed by atoms with Crippen molar-refractivity contribution in [2.45, 2.75) is 54.9 Å². The average molecular weight is 298 g/mol. The Kier molecular flexibility index (Phi) is 3.30. The topological polar surface area (TPSA) is 95.3 Å². The Morgan fingerprint density at radius 1 is 1.40 bits per heavy atom. The predicted molar refractivity (Wildman–Crippen MR) is 75.9 cm³/mol. The van der Waals surface area contributed by atoms with E-state index < -0.39 is 22.6 Å². The average Bonchev–Trinajstić information content (AvgIpc) is 2.91. The number of aliphatic hydroxyl groups excluding tert-OH is 2. The summed E-state index contributed by atoms with van der Waals surface area (Å²) in [4.78, 5) is 25.6. The van der Waals surface area contributed by atoms with Gasteiger partial charge in [-0.25, -0.2) is 4.79 Å². The van der Waals surface area contributed by atoms with Crippen LogP contribution in [-0.4, -0.2) is 36.7 Å². The van der Waals surface area contributed by atoms with E-state index in [0.717, 1.165) is 12.8 Å². The molecule has 3 N–H and O–H groups in total. The second-order valence-corrected chi connectivity index (χ2v) is 7.21. The van der Waals surface area contributed by atoms with Gasteiger partial charge in [-0.3, -0.25) is 14.3 Å². The lowest BCUT2D eigenvalue weighted by atomic mass is 9.95. The molecule has 0 bridgehead atoms. The van der Waals surface area contributed by atoms with Gasteiger partial charge < -0.3 is 10.2 Å². The number of hydrogen-bond acceptors (Lipinski definition) is 5. The molecule has 2 fully saturated rings. The van der Waals surface area contributed by atoms with E-state index in [0.29, 0.717) is 18.4 Å². The summed E-state index contributed by atoms with van der Waals surface area (Å²) in [6, 6.07) is 0. The van der Waals surface area contributed by atoms with Crippen LogP contribution in [0.4, 0.5) is 0 Å². The van der Waals surface area contributed by atoms with Crippen LogP contribution in [0.2, 0.25) is 0 Å². The van der Waals surface area contributed by atoms with Crippen molar-refractivity contribution in [1.82, 2.24) is 9.55 Å². The molecule has 6 nitrogen and oxygen atoms in total. The van der Waals surface area contributed by atoms with Crippen LogP contribution in [0.15, 0.2) is 15.8 Å². The van der Waals surface area contributed by atoms with Crippen molar-refractivity contribution < 1.29 is 10.2 Å². The van der Waals surface area contributed by atoms with Crippen LogP contribution >= 0.6 is 11.8 Å². The summed E-state index contributed by atoms with van der Waals surface area (Å²) in [7, 11) is 0. The molecule has 4 atom stereocenters. The number of aromatic nitrogens is 2. The van der Waals surface area contributed by atoms with Crippen molar-refractivity contribution in [3.05, 3.63) is 32.6 Å². The smallest absolute Gasteiger partial charge is 0.329 e. The van der Waals surface area contributed by atoms with Gasteiger partial charge in [0.05, 0.1) is 22.3 Å². The molecule has 1 saturated heterocycles. The number of nitrogens with zero attached hydrogens (tertiary/aromatic N) is 1. The van der Waals surface area contributed by atoms with E-state index in [9.17, 15) is 19.8 Å². The molecule has 1 aromatic rings. The maximum Gasteiger partial charge on any atom is 0.329 e. The first kappa shape index (κ1) is 13.9. The zero-order valence-electron chi connectivity index (χ0n) is 11.2. The van der Waals surface area contributed by atoms with Crippen LogP contribution in [0, 0.1) is 6.92 Å². The fraction of sp³-hybridized carbons (Fsp3) is 0.692. The van der Waals surface area contributed by atoms with E-state index in [2.05, 4.69) is 4.98 Å². The molecule has 1 aliphatic heterocycles. The highest BCUT2D eigenvalue weighted by molar-refractivity contribution is 8.01. The van der Waals surface area contributed by atoms with E-state index in [1.54, 1.807) is 6.92 Å². The standard InChI is InChI=1S/C13H18N2O4S/c1-7-6-15(12(19)14-11(7)18)10-5-9(17)13(20-10)4-2-3-8(13)16/h6,8-10,16-17H,2-5H2,1H3,(H,14,18,19)/t8-,9-,10+,13-/m0/s1. The third-order valence-corrected chi connectivity index (χ3v) is 6.29. The molecular weight excluding hydrogens is 280 g/mol. The number of aromatic amines is 1. The van der Waals surface area contributed by atoms with E-state index in [1.165, 1.54) is 22.5 Å². The quantitative estimate of drug-likeness (QED) is 0.685. The third kappa shape index (κ3) is 1.96. The Balaban J connectivity index is 1.96. The molecule has 20 heavy (non-hydrogen) atoms. The highest BCUT2D eigenvalue weighted by Gasteiger charge is 2.55. The monoisotopic (exact) mass is 298 g/mol. The van der Waals surface area contributed by atoms with Gasteiger partial charge in [0.25, 0.3) is 5.56 Å². The summed E-state index contributed by atoms with van der Waals surface area (Å²) in [6.45, 7) is 1.64. The van der Waals surface area contributed by atoms with Crippen molar-refractivity contribution in [2.24, 2.45) is 0 Å². The molecule has 1 aliphatic carbocycles. The Bertz CT molecular complexity index is 640. The summed E-state index contributed by atoms with van der Waals surface area (Å²) in [5, 5.41) is 20.2. The van der Waals surface area contributed by atoms with Gasteiger partial charge in [0.1, 0.15) is 0 Å². The summed E-state index contributed by atoms with van der Waals surface area (Å²) in [5.74, 6) is 0. The molecule has 3 rings (SSSR count). The maximum atomic E-state index is 11.9. The Morgan fingerprint density at radius 2 is 2.15 bits per heavy atom. The van der Waals surface area contributed by atoms with Crippen molar-refractivity contribution in [3.63, 3.8) is 0 Å². The molecule has 110 valence electrons. The van der Waals surface area contributed by atoms with Crippen LogP contribution in [0.1, 0.15) is 36.6 Å². The van der Waals surface area contributed by atoms with Gasteiger partial charge in [-0.2, -0.15) is 0 Å². The van der Waals surface area contributed by atoms with Gasteiger partial charge in [-0.15, -0.1) is 11.8 Å². The molecule has 1 saturated carbocycles. The highest BCUT2D eigenvalue weighted by Crippen LogP contribution is 2.56. The van der Waals surface area contributed by atoms with E-state index in [1.807, 2.05) is 0 Å². The largest absolute Gasteiger partial charge is 0.392 e. The normalized spacial score (nSPS) is 36.9. The van der Waals surface area contributed by atoms with Gasteiger partial charge in [0, 0.05) is 18.2 Å². The molecule has 2 heterocycles. The third-order valence-electron chi connectivity index (χ3n) is 4.41. The lowest BCUT2D eigenvalue weighted by Gasteiger charge is -2.30. The van der Waals surface area contributed by atoms with Gasteiger partial charge in [0.15, 0.2) is 0 Å². The molecule has 2 aliphatic rings. The number of H-pyrrole nitrogens is 1. The summed E-state index contributed by atoms with van der Waals surface area (Å²) in [6.07, 6.45) is 3.11. The summed E-state index contributed by atoms with van der Waals surface area (Å²) < 4.78 is 0.901. The predicted octanol–water partition coefficient (Wildman–Crippen LogP) is 0.125. The maximum absolute atomic E-state index is 11.9. The second-order valence-electron chi connectivity index (χ2n) is 5.67. The zero-order chi connectivity index (χ0) is 14.5. The number of aryl methyl sites for hydroxylation is 1. The number of nitrogens with one attached hydrogen (secondary N) is 1. The number of thioether (sulfide) groups is 1. The van der Waals surface area contributed by atoms with Crippen LogP contribution in [0.3, 0.4) is 0 Å². The van der Waals surface area contributed by atoms with Crippen LogP contribution in [0.5, 0.6) is 0 Å². The van der Waals surface area contributed by atoms with Crippen LogP contribution in [-0.2, 0) is 0 Å². The molecular formula is C13H18N2O4S. The van der Waals surface area contributed by atoms with E-state index >= 15 is 0 Å².